The third kappa shape index (κ3) is 2.94. The number of ketones is 1. The van der Waals surface area contributed by atoms with Crippen LogP contribution in [0.3, 0.4) is 0 Å². The first-order valence-corrected chi connectivity index (χ1v) is 4.89. The molecule has 0 aliphatic heterocycles. The number of hydrogen-bond donors (Lipinski definition) is 1. The van der Waals surface area contributed by atoms with Crippen molar-refractivity contribution in [2.75, 3.05) is 0 Å². The lowest BCUT2D eigenvalue weighted by Gasteiger charge is -2.13. The van der Waals surface area contributed by atoms with Crippen molar-refractivity contribution in [1.29, 1.82) is 0 Å². The molecule has 1 aliphatic rings. The minimum atomic E-state index is -0.233. The van der Waals surface area contributed by atoms with Gasteiger partial charge >= 0.3 is 0 Å². The Balaban J connectivity index is 2.16. The summed E-state index contributed by atoms with van der Waals surface area (Å²) in [4.78, 5) is 11.4. The number of hydrogen-bond acceptors (Lipinski definition) is 2. The summed E-state index contributed by atoms with van der Waals surface area (Å²) >= 11 is 0. The van der Waals surface area contributed by atoms with Crippen LogP contribution in [-0.2, 0) is 4.79 Å². The van der Waals surface area contributed by atoms with Crippen LogP contribution in [0.2, 0.25) is 0 Å². The zero-order chi connectivity index (χ0) is 9.14. The lowest BCUT2D eigenvalue weighted by Crippen LogP contribution is -2.35. The highest BCUT2D eigenvalue weighted by Crippen LogP contribution is 2.33. The Kier molecular flexibility index (Phi) is 3.27. The van der Waals surface area contributed by atoms with E-state index < -0.39 is 0 Å². The molecule has 1 aliphatic carbocycles. The maximum Gasteiger partial charge on any atom is 0.149 e. The zero-order valence-corrected chi connectivity index (χ0v) is 8.05. The molecule has 1 saturated carbocycles. The Morgan fingerprint density at radius 1 is 1.50 bits per heavy atom. The molecule has 0 aromatic rings. The highest BCUT2D eigenvalue weighted by atomic mass is 16.1. The number of Topliss-reactive ketones (excluding diaryl/α,β-unsaturated/α-hetero) is 1. The van der Waals surface area contributed by atoms with Crippen molar-refractivity contribution in [1.82, 2.24) is 0 Å². The average Bonchev–Trinajstić information content (AvgIpc) is 2.81. The molecule has 70 valence electrons. The summed E-state index contributed by atoms with van der Waals surface area (Å²) in [5.41, 5.74) is 5.72. The van der Waals surface area contributed by atoms with Crippen molar-refractivity contribution < 1.29 is 4.79 Å². The zero-order valence-electron chi connectivity index (χ0n) is 8.05. The molecule has 0 heterocycles. The van der Waals surface area contributed by atoms with Crippen LogP contribution < -0.4 is 5.73 Å². The van der Waals surface area contributed by atoms with Crippen LogP contribution >= 0.6 is 0 Å². The quantitative estimate of drug-likeness (QED) is 0.681. The van der Waals surface area contributed by atoms with E-state index in [4.69, 9.17) is 5.73 Å². The second-order valence-electron chi connectivity index (χ2n) is 4.22. The molecular formula is C10H19NO. The van der Waals surface area contributed by atoms with E-state index in [-0.39, 0.29) is 17.7 Å². The Labute approximate surface area is 74.5 Å². The summed E-state index contributed by atoms with van der Waals surface area (Å²) in [5, 5.41) is 0. The fourth-order valence-corrected chi connectivity index (χ4v) is 1.29. The molecule has 0 aromatic carbocycles. The van der Waals surface area contributed by atoms with Gasteiger partial charge in [0.05, 0.1) is 6.04 Å². The highest BCUT2D eigenvalue weighted by molar-refractivity contribution is 5.83. The molecule has 2 N–H and O–H groups in total. The largest absolute Gasteiger partial charge is 0.321 e. The smallest absolute Gasteiger partial charge is 0.149 e. The van der Waals surface area contributed by atoms with E-state index >= 15 is 0 Å². The van der Waals surface area contributed by atoms with Gasteiger partial charge in [0.25, 0.3) is 0 Å². The summed E-state index contributed by atoms with van der Waals surface area (Å²) < 4.78 is 0. The molecule has 0 amide bonds. The van der Waals surface area contributed by atoms with E-state index in [2.05, 4.69) is 0 Å². The van der Waals surface area contributed by atoms with Gasteiger partial charge in [-0.3, -0.25) is 4.79 Å². The lowest BCUT2D eigenvalue weighted by molar-refractivity contribution is -0.121. The van der Waals surface area contributed by atoms with E-state index in [9.17, 15) is 4.79 Å². The number of carbonyl (C=O) groups is 1. The predicted octanol–water partition coefficient (Wildman–Crippen LogP) is 1.73. The second-order valence-corrected chi connectivity index (χ2v) is 4.22. The van der Waals surface area contributed by atoms with Gasteiger partial charge < -0.3 is 5.73 Å². The molecule has 1 rings (SSSR count). The van der Waals surface area contributed by atoms with E-state index in [0.717, 1.165) is 12.3 Å². The average molecular weight is 169 g/mol. The second kappa shape index (κ2) is 4.04. The van der Waals surface area contributed by atoms with Crippen LogP contribution in [0.1, 0.15) is 39.5 Å². The van der Waals surface area contributed by atoms with Crippen LogP contribution in [0.15, 0.2) is 0 Å². The molecule has 1 fully saturated rings. The molecule has 0 saturated heterocycles. The standard InChI is InChI=1S/C10H19NO/c1-7(2)10(11)9(12)6-5-8-3-4-8/h7-8,10H,3-6,11H2,1-2H3. The summed E-state index contributed by atoms with van der Waals surface area (Å²) in [6.45, 7) is 4.00. The van der Waals surface area contributed by atoms with E-state index in [1.807, 2.05) is 13.8 Å². The molecule has 0 radical (unpaired) electrons. The molecule has 12 heavy (non-hydrogen) atoms. The minimum Gasteiger partial charge on any atom is -0.321 e. The molecular weight excluding hydrogens is 150 g/mol. The summed E-state index contributed by atoms with van der Waals surface area (Å²) in [6.07, 6.45) is 4.41. The van der Waals surface area contributed by atoms with Crippen molar-refractivity contribution in [2.45, 2.75) is 45.6 Å². The van der Waals surface area contributed by atoms with Gasteiger partial charge in [0, 0.05) is 6.42 Å². The van der Waals surface area contributed by atoms with E-state index in [1.54, 1.807) is 0 Å². The normalized spacial score (nSPS) is 19.7. The van der Waals surface area contributed by atoms with Gasteiger partial charge in [-0.15, -0.1) is 0 Å². The molecule has 1 atom stereocenters. The van der Waals surface area contributed by atoms with E-state index in [0.29, 0.717) is 6.42 Å². The van der Waals surface area contributed by atoms with Crippen molar-refractivity contribution in [2.24, 2.45) is 17.6 Å². The number of carbonyl (C=O) groups excluding carboxylic acids is 1. The first-order chi connectivity index (χ1) is 5.61. The van der Waals surface area contributed by atoms with Gasteiger partial charge in [-0.2, -0.15) is 0 Å². The highest BCUT2D eigenvalue weighted by Gasteiger charge is 2.24. The predicted molar refractivity (Wildman–Crippen MR) is 49.8 cm³/mol. The Morgan fingerprint density at radius 2 is 2.08 bits per heavy atom. The van der Waals surface area contributed by atoms with Gasteiger partial charge in [0.2, 0.25) is 0 Å². The van der Waals surface area contributed by atoms with Crippen molar-refractivity contribution in [3.05, 3.63) is 0 Å². The first-order valence-electron chi connectivity index (χ1n) is 4.89. The fraction of sp³-hybridized carbons (Fsp3) is 0.900. The Hall–Kier alpha value is -0.370. The summed E-state index contributed by atoms with van der Waals surface area (Å²) in [5.74, 6) is 1.38. The third-order valence-corrected chi connectivity index (χ3v) is 2.59. The topological polar surface area (TPSA) is 43.1 Å². The van der Waals surface area contributed by atoms with E-state index in [1.165, 1.54) is 12.8 Å². The van der Waals surface area contributed by atoms with Crippen LogP contribution in [0, 0.1) is 11.8 Å². The lowest BCUT2D eigenvalue weighted by atomic mass is 9.97. The van der Waals surface area contributed by atoms with Crippen LogP contribution in [-0.4, -0.2) is 11.8 Å². The Bertz CT molecular complexity index is 161. The van der Waals surface area contributed by atoms with Gasteiger partial charge in [0.15, 0.2) is 0 Å². The molecule has 0 spiro atoms. The fourth-order valence-electron chi connectivity index (χ4n) is 1.29. The van der Waals surface area contributed by atoms with Gasteiger partial charge in [0.1, 0.15) is 5.78 Å². The monoisotopic (exact) mass is 169 g/mol. The van der Waals surface area contributed by atoms with Gasteiger partial charge in [-0.05, 0) is 18.3 Å². The first kappa shape index (κ1) is 9.72. The van der Waals surface area contributed by atoms with Gasteiger partial charge in [-0.1, -0.05) is 26.7 Å². The number of nitrogens with two attached hydrogens (primary N) is 1. The number of rotatable bonds is 5. The van der Waals surface area contributed by atoms with Crippen molar-refractivity contribution >= 4 is 5.78 Å². The molecule has 1 unspecified atom stereocenters. The van der Waals surface area contributed by atoms with Crippen LogP contribution in [0.4, 0.5) is 0 Å². The Morgan fingerprint density at radius 3 is 2.50 bits per heavy atom. The summed E-state index contributed by atoms with van der Waals surface area (Å²) in [6, 6.07) is -0.233. The molecule has 0 aromatic heterocycles. The van der Waals surface area contributed by atoms with Crippen molar-refractivity contribution in [3.63, 3.8) is 0 Å². The molecule has 2 nitrogen and oxygen atoms in total. The van der Waals surface area contributed by atoms with Crippen LogP contribution in [0.5, 0.6) is 0 Å². The minimum absolute atomic E-state index is 0.233. The molecule has 2 heteroatoms. The maximum absolute atomic E-state index is 11.4. The summed E-state index contributed by atoms with van der Waals surface area (Å²) in [7, 11) is 0. The van der Waals surface area contributed by atoms with Gasteiger partial charge in [-0.25, -0.2) is 0 Å². The van der Waals surface area contributed by atoms with Crippen LogP contribution in [0.25, 0.3) is 0 Å². The maximum atomic E-state index is 11.4. The SMILES string of the molecule is CC(C)C(N)C(=O)CCC1CC1. The van der Waals surface area contributed by atoms with Crippen molar-refractivity contribution in [3.8, 4) is 0 Å². The molecule has 0 bridgehead atoms. The third-order valence-electron chi connectivity index (χ3n) is 2.59.